The van der Waals surface area contributed by atoms with Crippen molar-refractivity contribution in [2.45, 2.75) is 58.5 Å². The SMILES string of the molecule is CN=C(NCCNC(=O)C(C)C)NCCOC1CCCCCC1.I. The third-order valence-electron chi connectivity index (χ3n) is 4.01. The largest absolute Gasteiger partial charge is 0.376 e. The van der Waals surface area contributed by atoms with Crippen molar-refractivity contribution in [1.29, 1.82) is 0 Å². The Morgan fingerprint density at radius 1 is 1.04 bits per heavy atom. The third-order valence-corrected chi connectivity index (χ3v) is 4.01. The molecule has 0 aliphatic heterocycles. The fraction of sp³-hybridized carbons (Fsp3) is 0.882. The molecule has 0 aromatic rings. The Morgan fingerprint density at radius 3 is 2.21 bits per heavy atom. The minimum absolute atomic E-state index is 0. The van der Waals surface area contributed by atoms with Crippen molar-refractivity contribution in [2.24, 2.45) is 10.9 Å². The van der Waals surface area contributed by atoms with E-state index in [1.807, 2.05) is 13.8 Å². The number of rotatable bonds is 8. The van der Waals surface area contributed by atoms with Crippen molar-refractivity contribution in [3.05, 3.63) is 0 Å². The summed E-state index contributed by atoms with van der Waals surface area (Å²) in [6.45, 7) is 6.47. The topological polar surface area (TPSA) is 74.8 Å². The molecule has 1 rings (SSSR count). The Labute approximate surface area is 164 Å². The van der Waals surface area contributed by atoms with Crippen LogP contribution >= 0.6 is 24.0 Å². The van der Waals surface area contributed by atoms with Crippen LogP contribution in [0.1, 0.15) is 52.4 Å². The lowest BCUT2D eigenvalue weighted by Crippen LogP contribution is -2.43. The first-order valence-electron chi connectivity index (χ1n) is 8.97. The molecule has 0 radical (unpaired) electrons. The van der Waals surface area contributed by atoms with E-state index < -0.39 is 0 Å². The van der Waals surface area contributed by atoms with Gasteiger partial charge in [0.25, 0.3) is 0 Å². The van der Waals surface area contributed by atoms with Crippen LogP contribution in [-0.2, 0) is 9.53 Å². The van der Waals surface area contributed by atoms with Crippen molar-refractivity contribution < 1.29 is 9.53 Å². The van der Waals surface area contributed by atoms with Gasteiger partial charge in [0.15, 0.2) is 5.96 Å². The number of aliphatic imine (C=N–C) groups is 1. The number of carbonyl (C=O) groups excluding carboxylic acids is 1. The summed E-state index contributed by atoms with van der Waals surface area (Å²) >= 11 is 0. The molecule has 6 nitrogen and oxygen atoms in total. The Balaban J connectivity index is 0.00000529. The fourth-order valence-electron chi connectivity index (χ4n) is 2.59. The van der Waals surface area contributed by atoms with E-state index in [0.29, 0.717) is 25.8 Å². The molecule has 0 aromatic heterocycles. The normalized spacial score (nSPS) is 16.2. The maximum Gasteiger partial charge on any atom is 0.222 e. The van der Waals surface area contributed by atoms with Gasteiger partial charge in [-0.3, -0.25) is 9.79 Å². The molecular weight excluding hydrogens is 419 g/mol. The van der Waals surface area contributed by atoms with Crippen molar-refractivity contribution in [1.82, 2.24) is 16.0 Å². The van der Waals surface area contributed by atoms with Crippen LogP contribution in [0.5, 0.6) is 0 Å². The van der Waals surface area contributed by atoms with Crippen molar-refractivity contribution in [2.75, 3.05) is 33.3 Å². The molecule has 0 heterocycles. The highest BCUT2D eigenvalue weighted by Crippen LogP contribution is 2.19. The Bertz CT molecular complexity index is 356. The number of halogens is 1. The van der Waals surface area contributed by atoms with Gasteiger partial charge in [-0.05, 0) is 12.8 Å². The molecule has 1 amide bonds. The zero-order valence-electron chi connectivity index (χ0n) is 15.4. The van der Waals surface area contributed by atoms with E-state index in [2.05, 4.69) is 20.9 Å². The van der Waals surface area contributed by atoms with E-state index in [0.717, 1.165) is 12.5 Å². The number of ether oxygens (including phenoxy) is 1. The molecule has 0 spiro atoms. The average Bonchev–Trinajstić information content (AvgIpc) is 2.81. The molecule has 1 aliphatic carbocycles. The molecule has 24 heavy (non-hydrogen) atoms. The monoisotopic (exact) mass is 454 g/mol. The highest BCUT2D eigenvalue weighted by atomic mass is 127. The second kappa shape index (κ2) is 14.7. The Hall–Kier alpha value is -0.570. The highest BCUT2D eigenvalue weighted by molar-refractivity contribution is 14.0. The molecule has 0 bridgehead atoms. The van der Waals surface area contributed by atoms with E-state index in [4.69, 9.17) is 4.74 Å². The predicted octanol–water partition coefficient (Wildman–Crippen LogP) is 2.28. The van der Waals surface area contributed by atoms with Crippen LogP contribution in [0.25, 0.3) is 0 Å². The third kappa shape index (κ3) is 11.1. The quantitative estimate of drug-likeness (QED) is 0.173. The van der Waals surface area contributed by atoms with Gasteiger partial charge >= 0.3 is 0 Å². The lowest BCUT2D eigenvalue weighted by molar-refractivity contribution is -0.123. The van der Waals surface area contributed by atoms with E-state index in [1.165, 1.54) is 38.5 Å². The smallest absolute Gasteiger partial charge is 0.222 e. The van der Waals surface area contributed by atoms with Gasteiger partial charge < -0.3 is 20.7 Å². The van der Waals surface area contributed by atoms with E-state index in [9.17, 15) is 4.79 Å². The maximum atomic E-state index is 11.4. The molecule has 142 valence electrons. The Kier molecular flexibility index (Phi) is 14.4. The molecule has 7 heteroatoms. The zero-order valence-corrected chi connectivity index (χ0v) is 17.7. The van der Waals surface area contributed by atoms with E-state index >= 15 is 0 Å². The molecule has 0 saturated heterocycles. The zero-order chi connectivity index (χ0) is 16.9. The van der Waals surface area contributed by atoms with Crippen molar-refractivity contribution >= 4 is 35.8 Å². The van der Waals surface area contributed by atoms with Crippen LogP contribution in [0.2, 0.25) is 0 Å². The number of nitrogens with zero attached hydrogens (tertiary/aromatic N) is 1. The van der Waals surface area contributed by atoms with Gasteiger partial charge in [-0.2, -0.15) is 0 Å². The number of hydrogen-bond acceptors (Lipinski definition) is 3. The molecule has 3 N–H and O–H groups in total. The standard InChI is InChI=1S/C17H34N4O2.HI/c1-14(2)16(22)19-10-11-20-17(18-3)21-12-13-23-15-8-6-4-5-7-9-15;/h14-15H,4-13H2,1-3H3,(H,19,22)(H2,18,20,21);1H. The first kappa shape index (κ1) is 23.4. The van der Waals surface area contributed by atoms with Crippen LogP contribution in [0.15, 0.2) is 4.99 Å². The van der Waals surface area contributed by atoms with Gasteiger partial charge in [-0.15, -0.1) is 24.0 Å². The lowest BCUT2D eigenvalue weighted by Gasteiger charge is -2.17. The second-order valence-corrected chi connectivity index (χ2v) is 6.36. The summed E-state index contributed by atoms with van der Waals surface area (Å²) < 4.78 is 5.94. The second-order valence-electron chi connectivity index (χ2n) is 6.36. The van der Waals surface area contributed by atoms with Crippen molar-refractivity contribution in [3.8, 4) is 0 Å². The molecule has 0 unspecified atom stereocenters. The van der Waals surface area contributed by atoms with Gasteiger partial charge in [0.1, 0.15) is 0 Å². The van der Waals surface area contributed by atoms with Crippen LogP contribution in [0.4, 0.5) is 0 Å². The summed E-state index contributed by atoms with van der Waals surface area (Å²) in [6, 6.07) is 0. The number of amides is 1. The first-order valence-corrected chi connectivity index (χ1v) is 8.97. The minimum atomic E-state index is 0. The molecule has 0 atom stereocenters. The predicted molar refractivity (Wildman–Crippen MR) is 110 cm³/mol. The fourth-order valence-corrected chi connectivity index (χ4v) is 2.59. The molecular formula is C17H35IN4O2. The highest BCUT2D eigenvalue weighted by Gasteiger charge is 2.12. The first-order chi connectivity index (χ1) is 11.1. The lowest BCUT2D eigenvalue weighted by atomic mass is 10.1. The van der Waals surface area contributed by atoms with Gasteiger partial charge in [0, 0.05) is 32.6 Å². The van der Waals surface area contributed by atoms with Crippen LogP contribution < -0.4 is 16.0 Å². The van der Waals surface area contributed by atoms with Crippen molar-refractivity contribution in [3.63, 3.8) is 0 Å². The number of guanidine groups is 1. The van der Waals surface area contributed by atoms with Crippen LogP contribution in [-0.4, -0.2) is 51.3 Å². The molecule has 1 fully saturated rings. The summed E-state index contributed by atoms with van der Waals surface area (Å²) in [6.07, 6.45) is 8.11. The van der Waals surface area contributed by atoms with Gasteiger partial charge in [0.2, 0.25) is 5.91 Å². The van der Waals surface area contributed by atoms with Gasteiger partial charge in [0.05, 0.1) is 12.7 Å². The summed E-state index contributed by atoms with van der Waals surface area (Å²) in [5, 5.41) is 9.29. The summed E-state index contributed by atoms with van der Waals surface area (Å²) in [7, 11) is 1.74. The van der Waals surface area contributed by atoms with Crippen LogP contribution in [0.3, 0.4) is 0 Å². The molecule has 0 aromatic carbocycles. The molecule has 1 aliphatic rings. The van der Waals surface area contributed by atoms with E-state index in [1.54, 1.807) is 7.05 Å². The minimum Gasteiger partial charge on any atom is -0.376 e. The average molecular weight is 454 g/mol. The maximum absolute atomic E-state index is 11.4. The Morgan fingerprint density at radius 2 is 1.62 bits per heavy atom. The number of hydrogen-bond donors (Lipinski definition) is 3. The summed E-state index contributed by atoms with van der Waals surface area (Å²) in [5.41, 5.74) is 0. The molecule has 1 saturated carbocycles. The summed E-state index contributed by atoms with van der Waals surface area (Å²) in [4.78, 5) is 15.6. The van der Waals surface area contributed by atoms with Gasteiger partial charge in [-0.25, -0.2) is 0 Å². The van der Waals surface area contributed by atoms with E-state index in [-0.39, 0.29) is 35.8 Å². The number of nitrogens with one attached hydrogen (secondary N) is 3. The van der Waals surface area contributed by atoms with Crippen LogP contribution in [0, 0.1) is 5.92 Å². The summed E-state index contributed by atoms with van der Waals surface area (Å²) in [5.74, 6) is 0.841. The van der Waals surface area contributed by atoms with Gasteiger partial charge in [-0.1, -0.05) is 39.5 Å². The number of carbonyl (C=O) groups is 1.